The number of thioether (sulfide) groups is 1. The van der Waals surface area contributed by atoms with Crippen LogP contribution in [0.15, 0.2) is 33.7 Å². The maximum Gasteiger partial charge on any atom is 0.243 e. The third-order valence-electron chi connectivity index (χ3n) is 2.99. The van der Waals surface area contributed by atoms with E-state index in [1.807, 2.05) is 19.2 Å². The van der Waals surface area contributed by atoms with E-state index < -0.39 is 0 Å². The number of hydrogen-bond acceptors (Lipinski definition) is 5. The molecule has 0 spiro atoms. The van der Waals surface area contributed by atoms with Gasteiger partial charge in [-0.2, -0.15) is 4.98 Å². The zero-order valence-corrected chi connectivity index (χ0v) is 12.3. The lowest BCUT2D eigenvalue weighted by atomic mass is 10.2. The molecular weight excluding hydrogens is 258 g/mol. The normalized spacial score (nSPS) is 12.6. The standard InChI is InChI=1S/C14H19N3OS/c1-4-11(15-3)14-16-13(17-18-14)9-19-12-8-6-5-7-10(12)2/h5-8,11,15H,4,9H2,1-3H3. The van der Waals surface area contributed by atoms with Crippen molar-refractivity contribution in [3.63, 3.8) is 0 Å². The Kier molecular flexibility index (Phi) is 4.99. The fourth-order valence-corrected chi connectivity index (χ4v) is 2.70. The topological polar surface area (TPSA) is 51.0 Å². The molecule has 0 saturated heterocycles. The first-order chi connectivity index (χ1) is 9.24. The maximum absolute atomic E-state index is 5.29. The monoisotopic (exact) mass is 277 g/mol. The molecule has 0 aliphatic carbocycles. The molecular formula is C14H19N3OS. The van der Waals surface area contributed by atoms with E-state index in [2.05, 4.69) is 41.4 Å². The molecule has 0 bridgehead atoms. The lowest BCUT2D eigenvalue weighted by Crippen LogP contribution is -2.15. The van der Waals surface area contributed by atoms with Gasteiger partial charge >= 0.3 is 0 Å². The molecule has 4 nitrogen and oxygen atoms in total. The lowest BCUT2D eigenvalue weighted by Gasteiger charge is -2.06. The molecule has 5 heteroatoms. The Bertz CT molecular complexity index is 523. The number of aryl methyl sites for hydroxylation is 1. The summed E-state index contributed by atoms with van der Waals surface area (Å²) in [4.78, 5) is 5.69. The quantitative estimate of drug-likeness (QED) is 0.821. The summed E-state index contributed by atoms with van der Waals surface area (Å²) in [6.45, 7) is 4.20. The van der Waals surface area contributed by atoms with Crippen molar-refractivity contribution in [3.05, 3.63) is 41.5 Å². The number of aromatic nitrogens is 2. The minimum atomic E-state index is 0.143. The van der Waals surface area contributed by atoms with Gasteiger partial charge in [0.05, 0.1) is 11.8 Å². The molecule has 0 saturated carbocycles. The van der Waals surface area contributed by atoms with E-state index in [0.29, 0.717) is 5.89 Å². The highest BCUT2D eigenvalue weighted by molar-refractivity contribution is 7.98. The average molecular weight is 277 g/mol. The molecule has 0 amide bonds. The number of rotatable bonds is 6. The van der Waals surface area contributed by atoms with E-state index in [9.17, 15) is 0 Å². The second-order valence-corrected chi connectivity index (χ2v) is 5.37. The second-order valence-electron chi connectivity index (χ2n) is 4.35. The zero-order valence-electron chi connectivity index (χ0n) is 11.5. The Morgan fingerprint density at radius 1 is 1.37 bits per heavy atom. The van der Waals surface area contributed by atoms with Crippen LogP contribution in [0.5, 0.6) is 0 Å². The SMILES string of the molecule is CCC(NC)c1nc(CSc2ccccc2C)no1. The van der Waals surface area contributed by atoms with Gasteiger partial charge in [0.15, 0.2) is 5.82 Å². The molecule has 1 heterocycles. The van der Waals surface area contributed by atoms with Crippen LogP contribution in [0.2, 0.25) is 0 Å². The van der Waals surface area contributed by atoms with Crippen molar-refractivity contribution in [1.82, 2.24) is 15.5 Å². The predicted octanol–water partition coefficient (Wildman–Crippen LogP) is 3.34. The molecule has 102 valence electrons. The summed E-state index contributed by atoms with van der Waals surface area (Å²) in [5.41, 5.74) is 1.28. The molecule has 1 aromatic carbocycles. The average Bonchev–Trinajstić information content (AvgIpc) is 2.88. The highest BCUT2D eigenvalue weighted by atomic mass is 32.2. The third-order valence-corrected chi connectivity index (χ3v) is 4.16. The molecule has 0 aliphatic rings. The molecule has 1 atom stereocenters. The molecule has 1 N–H and O–H groups in total. The minimum Gasteiger partial charge on any atom is -0.338 e. The Morgan fingerprint density at radius 3 is 2.84 bits per heavy atom. The van der Waals surface area contributed by atoms with Crippen LogP contribution in [0.25, 0.3) is 0 Å². The first-order valence-corrected chi connectivity index (χ1v) is 7.41. The summed E-state index contributed by atoms with van der Waals surface area (Å²) in [5, 5.41) is 7.19. The van der Waals surface area contributed by atoms with Crippen LogP contribution in [-0.4, -0.2) is 17.2 Å². The van der Waals surface area contributed by atoms with Crippen molar-refractivity contribution in [2.24, 2.45) is 0 Å². The van der Waals surface area contributed by atoms with Gasteiger partial charge in [-0.1, -0.05) is 30.3 Å². The van der Waals surface area contributed by atoms with Gasteiger partial charge in [-0.05, 0) is 32.0 Å². The molecule has 0 radical (unpaired) electrons. The van der Waals surface area contributed by atoms with Crippen LogP contribution in [0.4, 0.5) is 0 Å². The van der Waals surface area contributed by atoms with Gasteiger partial charge in [0, 0.05) is 4.90 Å². The van der Waals surface area contributed by atoms with Crippen LogP contribution < -0.4 is 5.32 Å². The van der Waals surface area contributed by atoms with Gasteiger partial charge in [0.2, 0.25) is 5.89 Å². The lowest BCUT2D eigenvalue weighted by molar-refractivity contribution is 0.332. The van der Waals surface area contributed by atoms with Crippen molar-refractivity contribution in [3.8, 4) is 0 Å². The van der Waals surface area contributed by atoms with Crippen molar-refractivity contribution in [2.45, 2.75) is 37.0 Å². The van der Waals surface area contributed by atoms with Gasteiger partial charge in [-0.25, -0.2) is 0 Å². The van der Waals surface area contributed by atoms with E-state index in [-0.39, 0.29) is 6.04 Å². The van der Waals surface area contributed by atoms with Crippen LogP contribution in [0.3, 0.4) is 0 Å². The molecule has 0 fully saturated rings. The van der Waals surface area contributed by atoms with E-state index in [1.54, 1.807) is 11.8 Å². The molecule has 19 heavy (non-hydrogen) atoms. The number of nitrogens with zero attached hydrogens (tertiary/aromatic N) is 2. The Balaban J connectivity index is 1.99. The van der Waals surface area contributed by atoms with Crippen LogP contribution in [0, 0.1) is 6.92 Å². The maximum atomic E-state index is 5.29. The summed E-state index contributed by atoms with van der Waals surface area (Å²) >= 11 is 1.73. The highest BCUT2D eigenvalue weighted by Gasteiger charge is 2.15. The predicted molar refractivity (Wildman–Crippen MR) is 77.1 cm³/mol. The van der Waals surface area contributed by atoms with Crippen LogP contribution >= 0.6 is 11.8 Å². The van der Waals surface area contributed by atoms with Gasteiger partial charge in [-0.3, -0.25) is 0 Å². The Labute approximate surface area is 118 Å². The molecule has 2 rings (SSSR count). The molecule has 0 aliphatic heterocycles. The van der Waals surface area contributed by atoms with Gasteiger partial charge < -0.3 is 9.84 Å². The smallest absolute Gasteiger partial charge is 0.243 e. The molecule has 1 unspecified atom stereocenters. The third kappa shape index (κ3) is 3.58. The van der Waals surface area contributed by atoms with E-state index in [0.717, 1.165) is 18.0 Å². The highest BCUT2D eigenvalue weighted by Crippen LogP contribution is 2.25. The van der Waals surface area contributed by atoms with E-state index >= 15 is 0 Å². The summed E-state index contributed by atoms with van der Waals surface area (Å²) in [6, 6.07) is 8.46. The summed E-state index contributed by atoms with van der Waals surface area (Å²) in [7, 11) is 1.90. The number of nitrogens with one attached hydrogen (secondary N) is 1. The summed E-state index contributed by atoms with van der Waals surface area (Å²) in [6.07, 6.45) is 0.934. The van der Waals surface area contributed by atoms with E-state index in [1.165, 1.54) is 10.5 Å². The van der Waals surface area contributed by atoms with Crippen molar-refractivity contribution in [1.29, 1.82) is 0 Å². The first-order valence-electron chi connectivity index (χ1n) is 6.42. The Hall–Kier alpha value is -1.33. The van der Waals surface area contributed by atoms with Crippen molar-refractivity contribution in [2.75, 3.05) is 7.05 Å². The van der Waals surface area contributed by atoms with E-state index in [4.69, 9.17) is 4.52 Å². The fraction of sp³-hybridized carbons (Fsp3) is 0.429. The van der Waals surface area contributed by atoms with Crippen molar-refractivity contribution >= 4 is 11.8 Å². The molecule has 1 aromatic heterocycles. The minimum absolute atomic E-state index is 0.143. The van der Waals surface area contributed by atoms with Gasteiger partial charge in [-0.15, -0.1) is 11.8 Å². The largest absolute Gasteiger partial charge is 0.338 e. The van der Waals surface area contributed by atoms with Crippen molar-refractivity contribution < 1.29 is 4.52 Å². The van der Waals surface area contributed by atoms with Crippen LogP contribution in [-0.2, 0) is 5.75 Å². The first kappa shape index (κ1) is 14.1. The summed E-state index contributed by atoms with van der Waals surface area (Å²) in [5.74, 6) is 2.15. The van der Waals surface area contributed by atoms with Gasteiger partial charge in [0.1, 0.15) is 0 Å². The number of benzene rings is 1. The second kappa shape index (κ2) is 6.73. The fourth-order valence-electron chi connectivity index (χ4n) is 1.83. The van der Waals surface area contributed by atoms with Gasteiger partial charge in [0.25, 0.3) is 0 Å². The number of hydrogen-bond donors (Lipinski definition) is 1. The molecule has 2 aromatic rings. The summed E-state index contributed by atoms with van der Waals surface area (Å²) < 4.78 is 5.29. The van der Waals surface area contributed by atoms with Crippen LogP contribution in [0.1, 0.15) is 36.7 Å². The Morgan fingerprint density at radius 2 is 2.16 bits per heavy atom. The zero-order chi connectivity index (χ0) is 13.7.